The Morgan fingerprint density at radius 2 is 2.12 bits per heavy atom. The van der Waals surface area contributed by atoms with Gasteiger partial charge < -0.3 is 0 Å². The summed E-state index contributed by atoms with van der Waals surface area (Å²) in [5.74, 6) is 0. The maximum absolute atomic E-state index is 9.34. The molecular weight excluding hydrogens is 198 g/mol. The summed E-state index contributed by atoms with van der Waals surface area (Å²) in [6, 6.07) is 3.71. The first-order valence-corrected chi connectivity index (χ1v) is 6.56. The van der Waals surface area contributed by atoms with E-state index in [0.717, 1.165) is 13.1 Å². The lowest BCUT2D eigenvalue weighted by molar-refractivity contribution is 0.131. The van der Waals surface area contributed by atoms with E-state index in [1.54, 1.807) is 0 Å². The van der Waals surface area contributed by atoms with Gasteiger partial charge in [0.1, 0.15) is 5.54 Å². The fraction of sp³-hybridized carbons (Fsp3) is 0.923. The molecule has 1 N–H and O–H groups in total. The first kappa shape index (κ1) is 11.9. The molecule has 0 aromatic rings. The van der Waals surface area contributed by atoms with Gasteiger partial charge in [-0.05, 0) is 46.1 Å². The van der Waals surface area contributed by atoms with Gasteiger partial charge in [-0.15, -0.1) is 0 Å². The van der Waals surface area contributed by atoms with E-state index in [2.05, 4.69) is 23.2 Å². The summed E-state index contributed by atoms with van der Waals surface area (Å²) in [7, 11) is 0. The lowest BCUT2D eigenvalue weighted by Gasteiger charge is -2.38. The summed E-state index contributed by atoms with van der Waals surface area (Å²) in [5.41, 5.74) is -0.354. The Balaban J connectivity index is 1.91. The number of likely N-dealkylation sites (tertiary alicyclic amines) is 1. The maximum atomic E-state index is 9.34. The summed E-state index contributed by atoms with van der Waals surface area (Å²) >= 11 is 0. The van der Waals surface area contributed by atoms with Gasteiger partial charge >= 0.3 is 0 Å². The number of rotatable bonds is 4. The molecule has 0 bridgehead atoms. The van der Waals surface area contributed by atoms with Crippen LogP contribution in [0.3, 0.4) is 0 Å². The largest absolute Gasteiger partial charge is 0.298 e. The third kappa shape index (κ3) is 2.96. The van der Waals surface area contributed by atoms with Crippen LogP contribution < -0.4 is 5.32 Å². The summed E-state index contributed by atoms with van der Waals surface area (Å²) in [4.78, 5) is 2.47. The zero-order chi connectivity index (χ0) is 11.6. The van der Waals surface area contributed by atoms with Crippen molar-refractivity contribution in [2.24, 2.45) is 0 Å². The Bertz CT molecular complexity index is 279. The van der Waals surface area contributed by atoms with Crippen molar-refractivity contribution in [3.05, 3.63) is 0 Å². The molecule has 3 heteroatoms. The Kier molecular flexibility index (Phi) is 3.51. The van der Waals surface area contributed by atoms with Crippen molar-refractivity contribution in [1.29, 1.82) is 5.26 Å². The fourth-order valence-electron chi connectivity index (χ4n) is 2.59. The topological polar surface area (TPSA) is 39.1 Å². The lowest BCUT2D eigenvalue weighted by Crippen LogP contribution is -2.54. The molecule has 1 aliphatic heterocycles. The Labute approximate surface area is 98.8 Å². The molecule has 3 nitrogen and oxygen atoms in total. The molecule has 1 saturated carbocycles. The van der Waals surface area contributed by atoms with Crippen molar-refractivity contribution in [1.82, 2.24) is 10.2 Å². The van der Waals surface area contributed by atoms with E-state index in [1.807, 2.05) is 6.92 Å². The van der Waals surface area contributed by atoms with E-state index in [-0.39, 0.29) is 5.54 Å². The molecule has 2 fully saturated rings. The minimum absolute atomic E-state index is 0.354. The van der Waals surface area contributed by atoms with Crippen molar-refractivity contribution in [2.75, 3.05) is 13.1 Å². The molecule has 1 aliphatic carbocycles. The first-order chi connectivity index (χ1) is 7.63. The predicted octanol–water partition coefficient (Wildman–Crippen LogP) is 1.90. The van der Waals surface area contributed by atoms with Crippen LogP contribution in [-0.4, -0.2) is 35.6 Å². The van der Waals surface area contributed by atoms with E-state index >= 15 is 0 Å². The molecular formula is C13H23N3. The quantitative estimate of drug-likeness (QED) is 0.788. The highest BCUT2D eigenvalue weighted by Crippen LogP contribution is 2.24. The van der Waals surface area contributed by atoms with Crippen molar-refractivity contribution in [3.8, 4) is 6.07 Å². The summed E-state index contributed by atoms with van der Waals surface area (Å²) in [6.07, 6.45) is 6.40. The van der Waals surface area contributed by atoms with Crippen LogP contribution in [-0.2, 0) is 0 Å². The van der Waals surface area contributed by atoms with Crippen LogP contribution in [0.25, 0.3) is 0 Å². The van der Waals surface area contributed by atoms with Crippen LogP contribution in [0.2, 0.25) is 0 Å². The van der Waals surface area contributed by atoms with Crippen molar-refractivity contribution >= 4 is 0 Å². The van der Waals surface area contributed by atoms with Gasteiger partial charge in [-0.1, -0.05) is 6.42 Å². The monoisotopic (exact) mass is 221 g/mol. The van der Waals surface area contributed by atoms with Crippen LogP contribution >= 0.6 is 0 Å². The van der Waals surface area contributed by atoms with Crippen LogP contribution in [0.1, 0.15) is 46.0 Å². The van der Waals surface area contributed by atoms with Gasteiger partial charge in [0.05, 0.1) is 6.07 Å². The molecule has 2 aliphatic rings. The standard InChI is InChI=1S/C13H23N3/c1-11-5-3-4-8-16(11)10-13(2,9-14)15-12-6-7-12/h11-12,15H,3-8,10H2,1-2H3. The summed E-state index contributed by atoms with van der Waals surface area (Å²) < 4.78 is 0. The SMILES string of the molecule is CC1CCCCN1CC(C)(C#N)NC1CC1. The fourth-order valence-corrected chi connectivity index (χ4v) is 2.59. The zero-order valence-electron chi connectivity index (χ0n) is 10.5. The molecule has 90 valence electrons. The average molecular weight is 221 g/mol. The number of hydrogen-bond donors (Lipinski definition) is 1. The van der Waals surface area contributed by atoms with Gasteiger partial charge in [-0.2, -0.15) is 5.26 Å². The summed E-state index contributed by atoms with van der Waals surface area (Å²) in [6.45, 7) is 6.37. The third-order valence-corrected chi connectivity index (χ3v) is 3.81. The second-order valence-corrected chi connectivity index (χ2v) is 5.68. The van der Waals surface area contributed by atoms with Gasteiger partial charge in [0.25, 0.3) is 0 Å². The molecule has 1 heterocycles. The average Bonchev–Trinajstić information content (AvgIpc) is 3.05. The van der Waals surface area contributed by atoms with Gasteiger partial charge in [0, 0.05) is 18.6 Å². The van der Waals surface area contributed by atoms with Crippen molar-refractivity contribution < 1.29 is 0 Å². The normalized spacial score (nSPS) is 30.7. The van der Waals surface area contributed by atoms with Gasteiger partial charge in [-0.25, -0.2) is 0 Å². The number of nitrogens with zero attached hydrogens (tertiary/aromatic N) is 2. The molecule has 16 heavy (non-hydrogen) atoms. The first-order valence-electron chi connectivity index (χ1n) is 6.56. The highest BCUT2D eigenvalue weighted by atomic mass is 15.2. The number of nitrogens with one attached hydrogen (secondary N) is 1. The highest BCUT2D eigenvalue weighted by Gasteiger charge is 2.35. The highest BCUT2D eigenvalue weighted by molar-refractivity contribution is 5.09. The second-order valence-electron chi connectivity index (χ2n) is 5.68. The Hall–Kier alpha value is -0.590. The van der Waals surface area contributed by atoms with E-state index in [4.69, 9.17) is 0 Å². The third-order valence-electron chi connectivity index (χ3n) is 3.81. The molecule has 0 spiro atoms. The molecule has 2 atom stereocenters. The molecule has 1 saturated heterocycles. The predicted molar refractivity (Wildman–Crippen MR) is 65.1 cm³/mol. The van der Waals surface area contributed by atoms with E-state index < -0.39 is 0 Å². The zero-order valence-corrected chi connectivity index (χ0v) is 10.5. The van der Waals surface area contributed by atoms with E-state index in [9.17, 15) is 5.26 Å². The van der Waals surface area contributed by atoms with Crippen LogP contribution in [0, 0.1) is 11.3 Å². The Morgan fingerprint density at radius 1 is 1.38 bits per heavy atom. The molecule has 2 rings (SSSR count). The van der Waals surface area contributed by atoms with E-state index in [1.165, 1.54) is 32.1 Å². The minimum Gasteiger partial charge on any atom is -0.298 e. The maximum Gasteiger partial charge on any atom is 0.116 e. The van der Waals surface area contributed by atoms with Gasteiger partial charge in [0.15, 0.2) is 0 Å². The van der Waals surface area contributed by atoms with Crippen molar-refractivity contribution in [2.45, 2.75) is 63.6 Å². The number of hydrogen-bond acceptors (Lipinski definition) is 3. The minimum atomic E-state index is -0.354. The number of piperidine rings is 1. The summed E-state index contributed by atoms with van der Waals surface area (Å²) in [5, 5.41) is 12.8. The molecule has 0 aromatic heterocycles. The van der Waals surface area contributed by atoms with Crippen LogP contribution in [0.4, 0.5) is 0 Å². The molecule has 0 aromatic carbocycles. The molecule has 0 amide bonds. The van der Waals surface area contributed by atoms with Crippen molar-refractivity contribution in [3.63, 3.8) is 0 Å². The van der Waals surface area contributed by atoms with Crippen LogP contribution in [0.15, 0.2) is 0 Å². The smallest absolute Gasteiger partial charge is 0.116 e. The lowest BCUT2D eigenvalue weighted by atomic mass is 9.98. The van der Waals surface area contributed by atoms with Gasteiger partial charge in [0.2, 0.25) is 0 Å². The molecule has 0 radical (unpaired) electrons. The Morgan fingerprint density at radius 3 is 2.69 bits per heavy atom. The van der Waals surface area contributed by atoms with E-state index in [0.29, 0.717) is 12.1 Å². The number of nitriles is 1. The second kappa shape index (κ2) is 4.73. The molecule has 2 unspecified atom stereocenters. The van der Waals surface area contributed by atoms with Gasteiger partial charge in [-0.3, -0.25) is 10.2 Å². The van der Waals surface area contributed by atoms with Crippen LogP contribution in [0.5, 0.6) is 0 Å².